The Morgan fingerprint density at radius 2 is 1.43 bits per heavy atom. The molecule has 0 atom stereocenters. The van der Waals surface area contributed by atoms with Crippen molar-refractivity contribution in [3.8, 4) is 0 Å². The van der Waals surface area contributed by atoms with Gasteiger partial charge in [-0.2, -0.15) is 0 Å². The first-order valence-corrected chi connectivity index (χ1v) is 9.74. The fourth-order valence-electron chi connectivity index (χ4n) is 2.02. The molecule has 0 aromatic carbocycles. The molecule has 0 amide bonds. The van der Waals surface area contributed by atoms with Gasteiger partial charge in [0.1, 0.15) is 0 Å². The lowest BCUT2D eigenvalue weighted by atomic mass is 9.82. The van der Waals surface area contributed by atoms with Crippen LogP contribution in [-0.4, -0.2) is 30.3 Å². The van der Waals surface area contributed by atoms with Gasteiger partial charge >= 0.3 is 5.97 Å². The van der Waals surface area contributed by atoms with Gasteiger partial charge in [-0.1, -0.05) is 27.7 Å². The van der Waals surface area contributed by atoms with Gasteiger partial charge in [0.25, 0.3) is 0 Å². The third kappa shape index (κ3) is 6.79. The molecule has 6 heteroatoms. The van der Waals surface area contributed by atoms with Crippen LogP contribution < -0.4 is 0 Å². The third-order valence-electron chi connectivity index (χ3n) is 5.15. The van der Waals surface area contributed by atoms with Gasteiger partial charge in [0, 0.05) is 0 Å². The molecule has 0 N–H and O–H groups in total. The summed E-state index contributed by atoms with van der Waals surface area (Å²) in [5, 5.41) is 0. The van der Waals surface area contributed by atoms with E-state index >= 15 is 0 Å². The maximum Gasteiger partial charge on any atom is 0.311 e. The summed E-state index contributed by atoms with van der Waals surface area (Å²) in [6, 6.07) is 0. The van der Waals surface area contributed by atoms with Crippen molar-refractivity contribution in [2.24, 2.45) is 10.8 Å². The molecule has 0 unspecified atom stereocenters. The molecule has 0 rings (SSSR count). The third-order valence-corrected chi connectivity index (χ3v) is 6.70. The lowest BCUT2D eigenvalue weighted by molar-refractivity contribution is -0.156. The van der Waals surface area contributed by atoms with Crippen LogP contribution in [0.3, 0.4) is 0 Å². The summed E-state index contributed by atoms with van der Waals surface area (Å²) in [6.45, 7) is 13.1. The highest BCUT2D eigenvalue weighted by atomic mass is 32.2. The maximum absolute atomic E-state index is 12.1. The highest BCUT2D eigenvalue weighted by molar-refractivity contribution is 7.87. The number of esters is 1. The zero-order valence-corrected chi connectivity index (χ0v) is 16.5. The van der Waals surface area contributed by atoms with Crippen LogP contribution in [0.25, 0.3) is 0 Å². The molecule has 0 radical (unpaired) electrons. The van der Waals surface area contributed by atoms with Crippen LogP contribution in [0, 0.1) is 10.8 Å². The van der Waals surface area contributed by atoms with Crippen molar-refractivity contribution in [3.63, 3.8) is 0 Å². The van der Waals surface area contributed by atoms with Crippen molar-refractivity contribution in [2.75, 3.05) is 6.61 Å². The molecule has 138 valence electrons. The van der Waals surface area contributed by atoms with E-state index in [0.717, 1.165) is 12.8 Å². The molecule has 0 aliphatic heterocycles. The highest BCUT2D eigenvalue weighted by Gasteiger charge is 2.32. The van der Waals surface area contributed by atoms with Crippen LogP contribution in [-0.2, 0) is 19.6 Å². The molecular weight excluding hydrogens is 316 g/mol. The first-order valence-electron chi connectivity index (χ1n) is 8.33. The summed E-state index contributed by atoms with van der Waals surface area (Å²) < 4.78 is 37.8. The second-order valence-electron chi connectivity index (χ2n) is 8.03. The predicted octanol–water partition coefficient (Wildman–Crippen LogP) is 3.88. The average Bonchev–Trinajstić information content (AvgIpc) is 2.43. The number of carbonyl (C=O) groups is 1. The Balaban J connectivity index is 4.48. The molecule has 0 spiro atoms. The number of hydrogen-bond donors (Lipinski definition) is 0. The number of rotatable bonds is 10. The van der Waals surface area contributed by atoms with Crippen molar-refractivity contribution >= 4 is 16.1 Å². The number of carbonyl (C=O) groups excluding carboxylic acids is 1. The first kappa shape index (κ1) is 22.4. The summed E-state index contributed by atoms with van der Waals surface area (Å²) in [4.78, 5) is 12.1. The Bertz CT molecular complexity index is 487. The number of hydrogen-bond acceptors (Lipinski definition) is 5. The maximum atomic E-state index is 12.1. The van der Waals surface area contributed by atoms with E-state index < -0.39 is 20.3 Å². The lowest BCUT2D eigenvalue weighted by Gasteiger charge is -2.33. The van der Waals surface area contributed by atoms with Crippen LogP contribution in [0.15, 0.2) is 0 Å². The molecule has 0 aromatic rings. The topological polar surface area (TPSA) is 83.5 Å². The van der Waals surface area contributed by atoms with E-state index in [0.29, 0.717) is 25.9 Å². The average molecular weight is 350 g/mol. The van der Waals surface area contributed by atoms with Crippen LogP contribution in [0.5, 0.6) is 0 Å². The van der Waals surface area contributed by atoms with E-state index in [9.17, 15) is 17.8 Å². The monoisotopic (exact) mass is 349 g/mol. The van der Waals surface area contributed by atoms with E-state index in [-0.39, 0.29) is 11.4 Å². The Labute approximate surface area is 141 Å². The van der Waals surface area contributed by atoms with Crippen LogP contribution in [0.4, 0.5) is 0 Å². The van der Waals surface area contributed by atoms with Gasteiger partial charge in [0.05, 0.1) is 26.9 Å². The molecule has 0 heterocycles. The molecule has 0 bridgehead atoms. The summed E-state index contributed by atoms with van der Waals surface area (Å²) >= 11 is 0. The quantitative estimate of drug-likeness (QED) is 0.441. The van der Waals surface area contributed by atoms with Crippen molar-refractivity contribution in [2.45, 2.75) is 85.3 Å². The predicted molar refractivity (Wildman–Crippen MR) is 91.1 cm³/mol. The van der Waals surface area contributed by atoms with Gasteiger partial charge in [-0.15, -0.1) is 0 Å². The first-order chi connectivity index (χ1) is 10.2. The lowest BCUT2D eigenvalue weighted by Crippen LogP contribution is -2.33. The smallest absolute Gasteiger partial charge is 0.311 e. The SMILES string of the molecule is CCC(C)(CC)C(=O)OCCC(C)(C)CCC(C)(C)S(=O)(=O)[O-]. The Hall–Kier alpha value is -0.620. The Morgan fingerprint density at radius 3 is 1.83 bits per heavy atom. The van der Waals surface area contributed by atoms with Gasteiger partial charge in [-0.05, 0) is 58.3 Å². The molecule has 0 fully saturated rings. The normalized spacial score (nSPS) is 13.9. The molecule has 0 aliphatic carbocycles. The van der Waals surface area contributed by atoms with Gasteiger partial charge in [-0.25, -0.2) is 8.42 Å². The van der Waals surface area contributed by atoms with Crippen LogP contribution >= 0.6 is 0 Å². The second kappa shape index (κ2) is 7.97. The Morgan fingerprint density at radius 1 is 0.957 bits per heavy atom. The fraction of sp³-hybridized carbons (Fsp3) is 0.941. The van der Waals surface area contributed by atoms with Crippen LogP contribution in [0.2, 0.25) is 0 Å². The van der Waals surface area contributed by atoms with Crippen molar-refractivity contribution < 1.29 is 22.5 Å². The van der Waals surface area contributed by atoms with E-state index in [1.807, 2.05) is 34.6 Å². The fourth-order valence-corrected chi connectivity index (χ4v) is 2.37. The Kier molecular flexibility index (Phi) is 7.75. The van der Waals surface area contributed by atoms with E-state index in [2.05, 4.69) is 0 Å². The second-order valence-corrected chi connectivity index (χ2v) is 10.0. The van der Waals surface area contributed by atoms with Gasteiger partial charge < -0.3 is 9.29 Å². The van der Waals surface area contributed by atoms with Crippen molar-refractivity contribution in [1.82, 2.24) is 0 Å². The molecule has 0 saturated carbocycles. The highest BCUT2D eigenvalue weighted by Crippen LogP contribution is 2.33. The summed E-state index contributed by atoms with van der Waals surface area (Å²) in [5.41, 5.74) is -0.639. The molecule has 23 heavy (non-hydrogen) atoms. The molecular formula is C17H33O5S-. The van der Waals surface area contributed by atoms with Crippen LogP contribution in [0.1, 0.15) is 80.6 Å². The van der Waals surface area contributed by atoms with Gasteiger partial charge in [0.2, 0.25) is 0 Å². The summed E-state index contributed by atoms with van der Waals surface area (Å²) in [7, 11) is -4.32. The minimum absolute atomic E-state index is 0.180. The number of ether oxygens (including phenoxy) is 1. The van der Waals surface area contributed by atoms with Gasteiger partial charge in [-0.3, -0.25) is 4.79 Å². The molecule has 0 aliphatic rings. The zero-order chi connectivity index (χ0) is 18.5. The van der Waals surface area contributed by atoms with E-state index in [1.54, 1.807) is 0 Å². The minimum atomic E-state index is -4.32. The van der Waals surface area contributed by atoms with Crippen molar-refractivity contribution in [3.05, 3.63) is 0 Å². The summed E-state index contributed by atoms with van der Waals surface area (Å²) in [5.74, 6) is -0.180. The standard InChI is InChI=1S/C17H34O5S/c1-8-17(7,9-2)14(18)22-13-12-15(3,4)10-11-16(5,6)23(19,20)21/h8-13H2,1-7H3,(H,19,20,21)/p-1. The van der Waals surface area contributed by atoms with Gasteiger partial charge in [0.15, 0.2) is 0 Å². The molecule has 0 aromatic heterocycles. The van der Waals surface area contributed by atoms with Crippen molar-refractivity contribution in [1.29, 1.82) is 0 Å². The molecule has 0 saturated heterocycles. The molecule has 5 nitrogen and oxygen atoms in total. The summed E-state index contributed by atoms with van der Waals surface area (Å²) in [6.07, 6.45) is 2.99. The van der Waals surface area contributed by atoms with E-state index in [1.165, 1.54) is 13.8 Å². The zero-order valence-electron chi connectivity index (χ0n) is 15.7. The largest absolute Gasteiger partial charge is 0.748 e. The van der Waals surface area contributed by atoms with E-state index in [4.69, 9.17) is 4.74 Å². The minimum Gasteiger partial charge on any atom is -0.748 e.